The number of nitrogens with zero attached hydrogens (tertiary/aromatic N) is 3. The molecule has 0 aliphatic carbocycles. The molecule has 0 aromatic heterocycles. The van der Waals surface area contributed by atoms with Crippen molar-refractivity contribution in [3.63, 3.8) is 0 Å². The summed E-state index contributed by atoms with van der Waals surface area (Å²) in [5.41, 5.74) is 2.52. The van der Waals surface area contributed by atoms with Crippen LogP contribution in [0.25, 0.3) is 0 Å². The van der Waals surface area contributed by atoms with E-state index in [0.717, 1.165) is 36.1 Å². The van der Waals surface area contributed by atoms with Crippen molar-refractivity contribution in [1.29, 1.82) is 0 Å². The number of aryl methyl sites for hydroxylation is 1. The summed E-state index contributed by atoms with van der Waals surface area (Å²) in [5, 5.41) is 0. The Morgan fingerprint density at radius 1 is 1.03 bits per heavy atom. The second-order valence-corrected chi connectivity index (χ2v) is 9.34. The number of likely N-dealkylation sites (N-methyl/N-ethyl adjacent to an activating group) is 1. The quantitative estimate of drug-likeness (QED) is 0.720. The van der Waals surface area contributed by atoms with E-state index in [4.69, 9.17) is 0 Å². The molecule has 0 radical (unpaired) electrons. The largest absolute Gasteiger partial charge is 0.339 e. The fourth-order valence-corrected chi connectivity index (χ4v) is 4.47. The highest BCUT2D eigenvalue weighted by molar-refractivity contribution is 7.89. The van der Waals surface area contributed by atoms with Gasteiger partial charge < -0.3 is 4.90 Å². The lowest BCUT2D eigenvalue weighted by Crippen LogP contribution is -2.51. The number of carbonyl (C=O) groups excluding carboxylic acids is 1. The number of piperazine rings is 1. The number of hydrogen-bond donors (Lipinski definition) is 0. The molecule has 1 aliphatic heterocycles. The maximum atomic E-state index is 13.0. The highest BCUT2D eigenvalue weighted by atomic mass is 32.2. The molecule has 1 fully saturated rings. The standard InChI is InChI=1S/C21H26FN3O3S/c1-17-5-3-4-6-18(17)15-24-11-13-25(14-12-24)21(26)16-23(2)29(27,28)20-9-7-19(22)8-10-20/h3-10H,11-16H2,1-2H3. The van der Waals surface area contributed by atoms with Crippen LogP contribution in [-0.2, 0) is 21.4 Å². The molecule has 0 N–H and O–H groups in total. The molecule has 8 heteroatoms. The SMILES string of the molecule is Cc1ccccc1CN1CCN(C(=O)CN(C)S(=O)(=O)c2ccc(F)cc2)CC1. The Morgan fingerprint density at radius 2 is 1.66 bits per heavy atom. The van der Waals surface area contributed by atoms with E-state index >= 15 is 0 Å². The van der Waals surface area contributed by atoms with Crippen molar-refractivity contribution in [1.82, 2.24) is 14.1 Å². The van der Waals surface area contributed by atoms with Gasteiger partial charge in [-0.3, -0.25) is 9.69 Å². The summed E-state index contributed by atoms with van der Waals surface area (Å²) in [6.07, 6.45) is 0. The Balaban J connectivity index is 1.54. The average Bonchev–Trinajstić information content (AvgIpc) is 2.70. The van der Waals surface area contributed by atoms with Crippen LogP contribution in [0, 0.1) is 12.7 Å². The normalized spacial score (nSPS) is 15.7. The number of sulfonamides is 1. The summed E-state index contributed by atoms with van der Waals surface area (Å²) < 4.78 is 39.2. The summed E-state index contributed by atoms with van der Waals surface area (Å²) >= 11 is 0. The van der Waals surface area contributed by atoms with Gasteiger partial charge in [0.05, 0.1) is 11.4 Å². The first-order valence-corrected chi connectivity index (χ1v) is 11.0. The van der Waals surface area contributed by atoms with Crippen LogP contribution < -0.4 is 0 Å². The summed E-state index contributed by atoms with van der Waals surface area (Å²) in [5.74, 6) is -0.736. The fraction of sp³-hybridized carbons (Fsp3) is 0.381. The predicted molar refractivity (Wildman–Crippen MR) is 109 cm³/mol. The van der Waals surface area contributed by atoms with Crippen LogP contribution in [0.3, 0.4) is 0 Å². The monoisotopic (exact) mass is 419 g/mol. The summed E-state index contributed by atoms with van der Waals surface area (Å²) in [7, 11) is -2.47. The van der Waals surface area contributed by atoms with Crippen LogP contribution in [0.15, 0.2) is 53.4 Å². The fourth-order valence-electron chi connectivity index (χ4n) is 3.35. The van der Waals surface area contributed by atoms with Gasteiger partial charge in [0.2, 0.25) is 15.9 Å². The van der Waals surface area contributed by atoms with Crippen molar-refractivity contribution < 1.29 is 17.6 Å². The van der Waals surface area contributed by atoms with E-state index in [1.54, 1.807) is 4.90 Å². The molecule has 29 heavy (non-hydrogen) atoms. The minimum absolute atomic E-state index is 0.0303. The van der Waals surface area contributed by atoms with E-state index < -0.39 is 15.8 Å². The zero-order valence-electron chi connectivity index (χ0n) is 16.7. The third kappa shape index (κ3) is 5.20. The Bertz CT molecular complexity index is 955. The summed E-state index contributed by atoms with van der Waals surface area (Å²) in [4.78, 5) is 16.6. The van der Waals surface area contributed by atoms with Crippen LogP contribution in [0.2, 0.25) is 0 Å². The summed E-state index contributed by atoms with van der Waals surface area (Å²) in [6.45, 7) is 5.31. The first-order valence-electron chi connectivity index (χ1n) is 9.54. The first-order chi connectivity index (χ1) is 13.8. The minimum atomic E-state index is -3.84. The Morgan fingerprint density at radius 3 is 2.28 bits per heavy atom. The van der Waals surface area contributed by atoms with Crippen molar-refractivity contribution in [2.75, 3.05) is 39.8 Å². The van der Waals surface area contributed by atoms with Crippen molar-refractivity contribution in [3.05, 3.63) is 65.5 Å². The van der Waals surface area contributed by atoms with Gasteiger partial charge in [0.25, 0.3) is 0 Å². The molecule has 1 heterocycles. The topological polar surface area (TPSA) is 60.9 Å². The molecule has 1 saturated heterocycles. The molecule has 2 aromatic rings. The molecule has 0 bridgehead atoms. The van der Waals surface area contributed by atoms with E-state index in [1.807, 2.05) is 12.1 Å². The Labute approximate surface area is 171 Å². The molecular weight excluding hydrogens is 393 g/mol. The van der Waals surface area contributed by atoms with Gasteiger partial charge in [-0.15, -0.1) is 0 Å². The third-order valence-electron chi connectivity index (χ3n) is 5.26. The number of hydrogen-bond acceptors (Lipinski definition) is 4. The molecule has 156 valence electrons. The molecule has 1 amide bonds. The van der Waals surface area contributed by atoms with Crippen molar-refractivity contribution in [2.45, 2.75) is 18.4 Å². The van der Waals surface area contributed by atoms with Gasteiger partial charge in [-0.25, -0.2) is 12.8 Å². The molecule has 0 saturated carbocycles. The number of halogens is 1. The predicted octanol–water partition coefficient (Wildman–Crippen LogP) is 2.10. The van der Waals surface area contributed by atoms with Gasteiger partial charge >= 0.3 is 0 Å². The first kappa shape index (κ1) is 21.4. The molecule has 0 spiro atoms. The molecular formula is C21H26FN3O3S. The number of rotatable bonds is 6. The molecule has 0 unspecified atom stereocenters. The molecule has 6 nitrogen and oxygen atoms in total. The molecule has 0 atom stereocenters. The molecule has 2 aromatic carbocycles. The van der Waals surface area contributed by atoms with E-state index in [9.17, 15) is 17.6 Å². The van der Waals surface area contributed by atoms with E-state index in [1.165, 1.54) is 30.3 Å². The van der Waals surface area contributed by atoms with Gasteiger partial charge in [0, 0.05) is 39.8 Å². The van der Waals surface area contributed by atoms with Gasteiger partial charge in [-0.2, -0.15) is 4.31 Å². The highest BCUT2D eigenvalue weighted by Gasteiger charge is 2.27. The Hall–Kier alpha value is -2.29. The minimum Gasteiger partial charge on any atom is -0.339 e. The van der Waals surface area contributed by atoms with Gasteiger partial charge in [-0.05, 0) is 42.3 Å². The number of amides is 1. The molecule has 3 rings (SSSR count). The second-order valence-electron chi connectivity index (χ2n) is 7.30. The van der Waals surface area contributed by atoms with E-state index in [-0.39, 0.29) is 17.3 Å². The van der Waals surface area contributed by atoms with Crippen LogP contribution in [0.5, 0.6) is 0 Å². The van der Waals surface area contributed by atoms with Gasteiger partial charge in [-0.1, -0.05) is 24.3 Å². The lowest BCUT2D eigenvalue weighted by molar-refractivity contribution is -0.133. The third-order valence-corrected chi connectivity index (χ3v) is 7.08. The second kappa shape index (κ2) is 9.02. The van der Waals surface area contributed by atoms with E-state index in [2.05, 4.69) is 24.0 Å². The lowest BCUT2D eigenvalue weighted by Gasteiger charge is -2.35. The summed E-state index contributed by atoms with van der Waals surface area (Å²) in [6, 6.07) is 12.8. The lowest BCUT2D eigenvalue weighted by atomic mass is 10.1. The van der Waals surface area contributed by atoms with Gasteiger partial charge in [0.15, 0.2) is 0 Å². The van der Waals surface area contributed by atoms with Crippen LogP contribution >= 0.6 is 0 Å². The highest BCUT2D eigenvalue weighted by Crippen LogP contribution is 2.16. The maximum absolute atomic E-state index is 13.0. The van der Waals surface area contributed by atoms with Crippen LogP contribution in [-0.4, -0.2) is 68.2 Å². The van der Waals surface area contributed by atoms with E-state index in [0.29, 0.717) is 13.1 Å². The van der Waals surface area contributed by atoms with Crippen LogP contribution in [0.1, 0.15) is 11.1 Å². The molecule has 1 aliphatic rings. The zero-order chi connectivity index (χ0) is 21.0. The maximum Gasteiger partial charge on any atom is 0.243 e. The van der Waals surface area contributed by atoms with Crippen LogP contribution in [0.4, 0.5) is 4.39 Å². The number of carbonyl (C=O) groups is 1. The smallest absolute Gasteiger partial charge is 0.243 e. The van der Waals surface area contributed by atoms with Gasteiger partial charge in [0.1, 0.15) is 5.82 Å². The average molecular weight is 420 g/mol. The van der Waals surface area contributed by atoms with Crippen molar-refractivity contribution in [3.8, 4) is 0 Å². The number of benzene rings is 2. The van der Waals surface area contributed by atoms with Crippen molar-refractivity contribution >= 4 is 15.9 Å². The van der Waals surface area contributed by atoms with Crippen molar-refractivity contribution in [2.24, 2.45) is 0 Å². The zero-order valence-corrected chi connectivity index (χ0v) is 17.5. The Kier molecular flexibility index (Phi) is 6.66.